The maximum atomic E-state index is 11.8. The molecule has 21 heavy (non-hydrogen) atoms. The minimum atomic E-state index is -0.416. The molecule has 0 radical (unpaired) electrons. The third kappa shape index (κ3) is 3.24. The van der Waals surface area contributed by atoms with Crippen LogP contribution in [0.2, 0.25) is 0 Å². The minimum Gasteiger partial charge on any atom is -0.304 e. The van der Waals surface area contributed by atoms with E-state index in [-0.39, 0.29) is 11.2 Å². The highest BCUT2D eigenvalue weighted by atomic mass is 16.2. The Hall–Kier alpha value is -2.31. The molecule has 1 aromatic heterocycles. The van der Waals surface area contributed by atoms with E-state index in [1.165, 1.54) is 17.7 Å². The molecule has 0 saturated heterocycles. The molecule has 2 rings (SSSR count). The van der Waals surface area contributed by atoms with Gasteiger partial charge in [0.15, 0.2) is 5.78 Å². The average Bonchev–Trinajstić information content (AvgIpc) is 2.36. The zero-order valence-corrected chi connectivity index (χ0v) is 12.7. The molecule has 0 amide bonds. The number of rotatable bonds is 3. The van der Waals surface area contributed by atoms with E-state index in [0.717, 1.165) is 10.3 Å². The van der Waals surface area contributed by atoms with Gasteiger partial charge in [-0.3, -0.25) is 24.1 Å². The largest absolute Gasteiger partial charge is 0.332 e. The molecule has 0 unspecified atom stereocenters. The third-order valence-electron chi connectivity index (χ3n) is 3.53. The van der Waals surface area contributed by atoms with Gasteiger partial charge >= 0.3 is 5.69 Å². The van der Waals surface area contributed by atoms with Crippen molar-refractivity contribution in [1.29, 1.82) is 0 Å². The van der Waals surface area contributed by atoms with Crippen molar-refractivity contribution in [3.63, 3.8) is 0 Å². The van der Waals surface area contributed by atoms with Crippen LogP contribution in [0.25, 0.3) is 0 Å². The summed E-state index contributed by atoms with van der Waals surface area (Å²) in [6, 6.07) is 1.32. The van der Waals surface area contributed by atoms with Gasteiger partial charge in [-0.15, -0.1) is 0 Å². The predicted molar refractivity (Wildman–Crippen MR) is 79.8 cm³/mol. The van der Waals surface area contributed by atoms with Gasteiger partial charge < -0.3 is 5.43 Å². The monoisotopic (exact) mass is 292 g/mol. The van der Waals surface area contributed by atoms with Gasteiger partial charge in [-0.05, 0) is 11.8 Å². The number of anilines is 1. The van der Waals surface area contributed by atoms with Crippen LogP contribution in [0, 0.1) is 5.41 Å². The normalized spacial score (nSPS) is 17.3. The van der Waals surface area contributed by atoms with Crippen LogP contribution in [0.15, 0.2) is 27.4 Å². The molecular formula is C14H20N4O3. The lowest BCUT2D eigenvalue weighted by Gasteiger charge is -2.29. The van der Waals surface area contributed by atoms with E-state index in [1.54, 1.807) is 13.1 Å². The Kier molecular flexibility index (Phi) is 3.76. The number of nitrogens with one attached hydrogen (secondary N) is 2. The zero-order valence-electron chi connectivity index (χ0n) is 12.7. The van der Waals surface area contributed by atoms with Gasteiger partial charge in [0.25, 0.3) is 5.56 Å². The van der Waals surface area contributed by atoms with E-state index in [1.807, 2.05) is 13.8 Å². The van der Waals surface area contributed by atoms with Crippen LogP contribution in [0.1, 0.15) is 26.7 Å². The molecule has 0 spiro atoms. The lowest BCUT2D eigenvalue weighted by atomic mass is 9.79. The molecule has 2 N–H and O–H groups in total. The Balaban J connectivity index is 2.20. The van der Waals surface area contributed by atoms with E-state index in [4.69, 9.17) is 0 Å². The van der Waals surface area contributed by atoms with Gasteiger partial charge in [-0.2, -0.15) is 0 Å². The molecular weight excluding hydrogens is 272 g/mol. The lowest BCUT2D eigenvalue weighted by Crippen LogP contribution is -2.39. The molecule has 0 bridgehead atoms. The molecule has 0 saturated carbocycles. The molecule has 0 fully saturated rings. The van der Waals surface area contributed by atoms with Crippen LogP contribution in [-0.2, 0) is 18.9 Å². The van der Waals surface area contributed by atoms with Crippen LogP contribution in [0.3, 0.4) is 0 Å². The van der Waals surface area contributed by atoms with E-state index >= 15 is 0 Å². The summed E-state index contributed by atoms with van der Waals surface area (Å²) in [5, 5.41) is 0. The number of hydrazine groups is 1. The molecule has 7 heteroatoms. The Morgan fingerprint density at radius 1 is 1.05 bits per heavy atom. The highest BCUT2D eigenvalue weighted by Gasteiger charge is 2.27. The Labute approximate surface area is 122 Å². The minimum absolute atomic E-state index is 0.0633. The molecule has 1 heterocycles. The molecule has 1 aliphatic rings. The maximum absolute atomic E-state index is 11.8. The van der Waals surface area contributed by atoms with Gasteiger partial charge in [-0.1, -0.05) is 13.8 Å². The fourth-order valence-electron chi connectivity index (χ4n) is 2.42. The van der Waals surface area contributed by atoms with E-state index < -0.39 is 11.2 Å². The van der Waals surface area contributed by atoms with Gasteiger partial charge in [0.1, 0.15) is 5.82 Å². The standard InChI is InChI=1S/C14H20N4O3/c1-14(2)7-9(5-10(19)8-14)15-16-11-6-12(20)18(4)13(21)17(11)3/h5-6,15-16H,7-8H2,1-4H3. The Morgan fingerprint density at radius 3 is 2.33 bits per heavy atom. The number of carbonyl (C=O) groups excluding carboxylic acids is 1. The summed E-state index contributed by atoms with van der Waals surface area (Å²) in [4.78, 5) is 35.1. The summed E-state index contributed by atoms with van der Waals surface area (Å²) >= 11 is 0. The molecule has 114 valence electrons. The number of carbonyl (C=O) groups is 1. The van der Waals surface area contributed by atoms with Crippen LogP contribution in [-0.4, -0.2) is 14.9 Å². The summed E-state index contributed by atoms with van der Waals surface area (Å²) in [6.07, 6.45) is 2.78. The number of nitrogens with zero attached hydrogens (tertiary/aromatic N) is 2. The Morgan fingerprint density at radius 2 is 1.71 bits per heavy atom. The Bertz CT molecular complexity index is 725. The van der Waals surface area contributed by atoms with Gasteiger partial charge in [0, 0.05) is 38.4 Å². The number of aromatic nitrogens is 2. The third-order valence-corrected chi connectivity index (χ3v) is 3.53. The summed E-state index contributed by atoms with van der Waals surface area (Å²) in [7, 11) is 2.99. The molecule has 0 aliphatic heterocycles. The van der Waals surface area contributed by atoms with Crippen molar-refractivity contribution >= 4 is 11.6 Å². The first-order valence-electron chi connectivity index (χ1n) is 6.72. The van der Waals surface area contributed by atoms with Crippen molar-refractivity contribution in [2.75, 3.05) is 5.43 Å². The SMILES string of the molecule is Cn1c(NNC2=CC(=O)CC(C)(C)C2)cc(=O)n(C)c1=O. The molecule has 1 aromatic rings. The number of hydrogen-bond acceptors (Lipinski definition) is 5. The second-order valence-electron chi connectivity index (χ2n) is 6.17. The summed E-state index contributed by atoms with van der Waals surface area (Å²) in [6.45, 7) is 4.04. The average molecular weight is 292 g/mol. The zero-order chi connectivity index (χ0) is 15.8. The van der Waals surface area contributed by atoms with Crippen LogP contribution in [0.5, 0.6) is 0 Å². The first kappa shape index (κ1) is 15.1. The molecule has 0 atom stereocenters. The predicted octanol–water partition coefficient (Wildman–Crippen LogP) is 0.273. The van der Waals surface area contributed by atoms with Crippen molar-refractivity contribution in [2.24, 2.45) is 19.5 Å². The molecule has 0 aromatic carbocycles. The number of ketones is 1. The van der Waals surface area contributed by atoms with Crippen LogP contribution < -0.4 is 22.1 Å². The second kappa shape index (κ2) is 5.23. The van der Waals surface area contributed by atoms with E-state index in [9.17, 15) is 14.4 Å². The fourth-order valence-corrected chi connectivity index (χ4v) is 2.42. The molecule has 1 aliphatic carbocycles. The van der Waals surface area contributed by atoms with Crippen molar-refractivity contribution in [3.8, 4) is 0 Å². The van der Waals surface area contributed by atoms with Crippen molar-refractivity contribution in [1.82, 2.24) is 14.6 Å². The maximum Gasteiger partial charge on any atom is 0.332 e. The number of allylic oxidation sites excluding steroid dienone is 2. The first-order valence-corrected chi connectivity index (χ1v) is 6.72. The molecule has 7 nitrogen and oxygen atoms in total. The van der Waals surface area contributed by atoms with Crippen molar-refractivity contribution in [2.45, 2.75) is 26.7 Å². The van der Waals surface area contributed by atoms with E-state index in [2.05, 4.69) is 10.9 Å². The quantitative estimate of drug-likeness (QED) is 0.781. The smallest absolute Gasteiger partial charge is 0.304 e. The summed E-state index contributed by atoms with van der Waals surface area (Å²) in [5.41, 5.74) is 5.58. The topological polar surface area (TPSA) is 85.1 Å². The van der Waals surface area contributed by atoms with Gasteiger partial charge in [0.05, 0.1) is 0 Å². The highest BCUT2D eigenvalue weighted by molar-refractivity contribution is 5.91. The van der Waals surface area contributed by atoms with Crippen LogP contribution in [0.4, 0.5) is 5.82 Å². The second-order valence-corrected chi connectivity index (χ2v) is 6.17. The van der Waals surface area contributed by atoms with Crippen LogP contribution >= 0.6 is 0 Å². The van der Waals surface area contributed by atoms with E-state index in [0.29, 0.717) is 18.7 Å². The fraction of sp³-hybridized carbons (Fsp3) is 0.500. The van der Waals surface area contributed by atoms with Gasteiger partial charge in [0.2, 0.25) is 0 Å². The summed E-state index contributed by atoms with van der Waals surface area (Å²) < 4.78 is 2.35. The summed E-state index contributed by atoms with van der Waals surface area (Å²) in [5.74, 6) is 0.410. The number of hydrogen-bond donors (Lipinski definition) is 2. The van der Waals surface area contributed by atoms with Crippen molar-refractivity contribution in [3.05, 3.63) is 38.7 Å². The van der Waals surface area contributed by atoms with Crippen molar-refractivity contribution < 1.29 is 4.79 Å². The highest BCUT2D eigenvalue weighted by Crippen LogP contribution is 2.32. The van der Waals surface area contributed by atoms with Gasteiger partial charge in [-0.25, -0.2) is 4.79 Å². The lowest BCUT2D eigenvalue weighted by molar-refractivity contribution is -0.117. The first-order chi connectivity index (χ1) is 9.69.